The van der Waals surface area contributed by atoms with Gasteiger partial charge in [0.05, 0.1) is 16.3 Å². The second kappa shape index (κ2) is 6.22. The van der Waals surface area contributed by atoms with E-state index in [2.05, 4.69) is 5.32 Å². The second-order valence-corrected chi connectivity index (χ2v) is 6.74. The molecule has 0 saturated carbocycles. The maximum atomic E-state index is 13.6. The van der Waals surface area contributed by atoms with E-state index in [4.69, 9.17) is 0 Å². The van der Waals surface area contributed by atoms with Crippen LogP contribution in [0.4, 0.5) is 14.5 Å². The van der Waals surface area contributed by atoms with Crippen LogP contribution in [0.3, 0.4) is 0 Å². The van der Waals surface area contributed by atoms with Gasteiger partial charge in [-0.25, -0.2) is 17.2 Å². The molecule has 0 amide bonds. The van der Waals surface area contributed by atoms with Crippen LogP contribution in [0.15, 0.2) is 47.4 Å². The maximum absolute atomic E-state index is 13.6. The quantitative estimate of drug-likeness (QED) is 0.921. The topological polar surface area (TPSA) is 46.2 Å². The summed E-state index contributed by atoms with van der Waals surface area (Å²) in [6.45, 7) is 1.63. The molecule has 3 nitrogen and oxygen atoms in total. The summed E-state index contributed by atoms with van der Waals surface area (Å²) in [4.78, 5) is 0.176. The normalized spacial score (nSPS) is 11.4. The van der Waals surface area contributed by atoms with Gasteiger partial charge in [-0.1, -0.05) is 25.1 Å². The second-order valence-electron chi connectivity index (χ2n) is 4.49. The minimum atomic E-state index is -3.37. The van der Waals surface area contributed by atoms with Crippen molar-refractivity contribution in [2.45, 2.75) is 18.4 Å². The van der Waals surface area contributed by atoms with Crippen molar-refractivity contribution in [3.63, 3.8) is 0 Å². The predicted molar refractivity (Wildman–Crippen MR) is 77.9 cm³/mol. The first-order chi connectivity index (χ1) is 9.94. The summed E-state index contributed by atoms with van der Waals surface area (Å²) in [6, 6.07) is 9.73. The zero-order valence-electron chi connectivity index (χ0n) is 11.4. The third-order valence-corrected chi connectivity index (χ3v) is 4.87. The summed E-state index contributed by atoms with van der Waals surface area (Å²) in [5.41, 5.74) is 0.670. The number of hydrogen-bond donors (Lipinski definition) is 1. The van der Waals surface area contributed by atoms with E-state index in [1.165, 1.54) is 12.1 Å². The third kappa shape index (κ3) is 3.58. The van der Waals surface area contributed by atoms with E-state index in [-0.39, 0.29) is 22.8 Å². The lowest BCUT2D eigenvalue weighted by Gasteiger charge is -2.12. The van der Waals surface area contributed by atoms with Crippen molar-refractivity contribution in [1.82, 2.24) is 0 Å². The molecule has 2 aromatic rings. The van der Waals surface area contributed by atoms with Crippen LogP contribution in [0.1, 0.15) is 12.5 Å². The van der Waals surface area contributed by atoms with Crippen LogP contribution in [-0.2, 0) is 16.4 Å². The predicted octanol–water partition coefficient (Wildman–Crippen LogP) is 3.37. The van der Waals surface area contributed by atoms with Crippen LogP contribution < -0.4 is 5.32 Å². The van der Waals surface area contributed by atoms with Crippen LogP contribution in [0, 0.1) is 11.6 Å². The van der Waals surface area contributed by atoms with E-state index in [0.717, 1.165) is 12.1 Å². The van der Waals surface area contributed by atoms with Crippen molar-refractivity contribution in [1.29, 1.82) is 0 Å². The van der Waals surface area contributed by atoms with E-state index in [0.29, 0.717) is 5.69 Å². The van der Waals surface area contributed by atoms with Crippen molar-refractivity contribution in [2.24, 2.45) is 0 Å². The van der Waals surface area contributed by atoms with Gasteiger partial charge < -0.3 is 5.32 Å². The van der Waals surface area contributed by atoms with Gasteiger partial charge in [0, 0.05) is 18.2 Å². The Balaban J connectivity index is 2.25. The highest BCUT2D eigenvalue weighted by molar-refractivity contribution is 7.91. The van der Waals surface area contributed by atoms with Crippen molar-refractivity contribution < 1.29 is 17.2 Å². The molecule has 2 rings (SSSR count). The van der Waals surface area contributed by atoms with Crippen LogP contribution in [0.5, 0.6) is 0 Å². The molecule has 0 unspecified atom stereocenters. The fourth-order valence-corrected chi connectivity index (χ4v) is 2.97. The summed E-state index contributed by atoms with van der Waals surface area (Å²) in [7, 11) is -3.37. The summed E-state index contributed by atoms with van der Waals surface area (Å²) in [5, 5.41) is 2.89. The van der Waals surface area contributed by atoms with Gasteiger partial charge in [-0.15, -0.1) is 0 Å². The number of benzene rings is 2. The van der Waals surface area contributed by atoms with Gasteiger partial charge in [-0.3, -0.25) is 0 Å². The molecule has 6 heteroatoms. The van der Waals surface area contributed by atoms with Crippen molar-refractivity contribution in [3.8, 4) is 0 Å². The van der Waals surface area contributed by atoms with Crippen molar-refractivity contribution in [2.75, 3.05) is 11.1 Å². The van der Waals surface area contributed by atoms with Gasteiger partial charge in [0.25, 0.3) is 0 Å². The Hall–Kier alpha value is -1.95. The fraction of sp³-hybridized carbons (Fsp3) is 0.200. The number of sulfone groups is 1. The van der Waals surface area contributed by atoms with Crippen LogP contribution in [-0.4, -0.2) is 14.2 Å². The fourth-order valence-electron chi connectivity index (χ4n) is 1.89. The van der Waals surface area contributed by atoms with Gasteiger partial charge in [-0.2, -0.15) is 0 Å². The Morgan fingerprint density at radius 1 is 1.10 bits per heavy atom. The number of halogens is 2. The standard InChI is InChI=1S/C15H15F2NO2S/c1-2-21(19,20)15-6-4-3-5-14(15)18-10-11-7-8-12(16)9-13(11)17/h3-9,18H,2,10H2,1H3. The number of anilines is 1. The molecule has 0 bridgehead atoms. The SMILES string of the molecule is CCS(=O)(=O)c1ccccc1NCc1ccc(F)cc1F. The average molecular weight is 311 g/mol. The molecule has 0 spiro atoms. The average Bonchev–Trinajstić information content (AvgIpc) is 2.46. The maximum Gasteiger partial charge on any atom is 0.180 e. The van der Waals surface area contributed by atoms with E-state index in [1.807, 2.05) is 0 Å². The largest absolute Gasteiger partial charge is 0.380 e. The summed E-state index contributed by atoms with van der Waals surface area (Å²) in [6.07, 6.45) is 0. The highest BCUT2D eigenvalue weighted by Gasteiger charge is 2.16. The number of para-hydroxylation sites is 1. The molecular weight excluding hydrogens is 296 g/mol. The lowest BCUT2D eigenvalue weighted by Crippen LogP contribution is -2.09. The number of rotatable bonds is 5. The highest BCUT2D eigenvalue weighted by atomic mass is 32.2. The molecule has 21 heavy (non-hydrogen) atoms. The Kier molecular flexibility index (Phi) is 4.57. The summed E-state index contributed by atoms with van der Waals surface area (Å²) >= 11 is 0. The Morgan fingerprint density at radius 3 is 2.48 bits per heavy atom. The van der Waals surface area contributed by atoms with Crippen LogP contribution >= 0.6 is 0 Å². The Morgan fingerprint density at radius 2 is 1.81 bits per heavy atom. The van der Waals surface area contributed by atoms with Crippen molar-refractivity contribution >= 4 is 15.5 Å². The Bertz CT molecular complexity index is 745. The van der Waals surface area contributed by atoms with Gasteiger partial charge in [-0.05, 0) is 18.2 Å². The van der Waals surface area contributed by atoms with Gasteiger partial charge in [0.15, 0.2) is 9.84 Å². The number of hydrogen-bond acceptors (Lipinski definition) is 3. The molecular formula is C15H15F2NO2S. The molecule has 0 aromatic heterocycles. The van der Waals surface area contributed by atoms with Crippen LogP contribution in [0.25, 0.3) is 0 Å². The molecule has 0 radical (unpaired) electrons. The van der Waals surface area contributed by atoms with Gasteiger partial charge in [0.2, 0.25) is 0 Å². The lowest BCUT2D eigenvalue weighted by molar-refractivity contribution is 0.574. The molecule has 0 heterocycles. The molecule has 0 aliphatic carbocycles. The molecule has 2 aromatic carbocycles. The zero-order valence-corrected chi connectivity index (χ0v) is 12.3. The van der Waals surface area contributed by atoms with Gasteiger partial charge in [0.1, 0.15) is 11.6 Å². The first-order valence-corrected chi connectivity index (χ1v) is 8.09. The zero-order chi connectivity index (χ0) is 15.5. The first kappa shape index (κ1) is 15.4. The smallest absolute Gasteiger partial charge is 0.180 e. The monoisotopic (exact) mass is 311 g/mol. The minimum absolute atomic E-state index is 0.0173. The molecule has 0 fully saturated rings. The van der Waals surface area contributed by atoms with E-state index >= 15 is 0 Å². The van der Waals surface area contributed by atoms with E-state index in [1.54, 1.807) is 25.1 Å². The molecule has 1 N–H and O–H groups in total. The molecule has 0 aliphatic heterocycles. The molecule has 0 saturated heterocycles. The molecule has 0 aliphatic rings. The summed E-state index contributed by atoms with van der Waals surface area (Å²) < 4.78 is 50.4. The van der Waals surface area contributed by atoms with E-state index < -0.39 is 21.5 Å². The third-order valence-electron chi connectivity index (χ3n) is 3.09. The number of nitrogens with one attached hydrogen (secondary N) is 1. The molecule has 0 atom stereocenters. The van der Waals surface area contributed by atoms with Gasteiger partial charge >= 0.3 is 0 Å². The first-order valence-electron chi connectivity index (χ1n) is 6.43. The minimum Gasteiger partial charge on any atom is -0.380 e. The molecule has 112 valence electrons. The highest BCUT2D eigenvalue weighted by Crippen LogP contribution is 2.23. The lowest BCUT2D eigenvalue weighted by atomic mass is 10.2. The van der Waals surface area contributed by atoms with Crippen LogP contribution in [0.2, 0.25) is 0 Å². The summed E-state index contributed by atoms with van der Waals surface area (Å²) in [5.74, 6) is -1.33. The Labute approximate surface area is 122 Å². The van der Waals surface area contributed by atoms with Crippen molar-refractivity contribution in [3.05, 3.63) is 59.7 Å². The van der Waals surface area contributed by atoms with E-state index in [9.17, 15) is 17.2 Å².